The van der Waals surface area contributed by atoms with Crippen molar-refractivity contribution >= 4 is 5.69 Å². The van der Waals surface area contributed by atoms with Crippen molar-refractivity contribution in [1.82, 2.24) is 0 Å². The average Bonchev–Trinajstić information content (AvgIpc) is 2.71. The largest absolute Gasteiger partial charge is 0.455 e. The van der Waals surface area contributed by atoms with Gasteiger partial charge >= 0.3 is 5.69 Å². The fourth-order valence-electron chi connectivity index (χ4n) is 2.99. The van der Waals surface area contributed by atoms with Crippen molar-refractivity contribution in [2.75, 3.05) is 0 Å². The predicted molar refractivity (Wildman–Crippen MR) is 90.4 cm³/mol. The Morgan fingerprint density at radius 1 is 0.800 bits per heavy atom. The maximum Gasteiger partial charge on any atom is 0.311 e. The van der Waals surface area contributed by atoms with Crippen molar-refractivity contribution in [3.63, 3.8) is 0 Å². The molecule has 14 heteroatoms. The number of ether oxygens (including phenoxy) is 4. The smallest absolute Gasteiger partial charge is 0.311 e. The summed E-state index contributed by atoms with van der Waals surface area (Å²) in [6.07, 6.45) is -18.6. The van der Waals surface area contributed by atoms with Crippen LogP contribution in [0.1, 0.15) is 0 Å². The Hall–Kier alpha value is -1.98. The highest BCUT2D eigenvalue weighted by atomic mass is 16.8. The molecule has 1 aromatic rings. The van der Waals surface area contributed by atoms with Gasteiger partial charge in [-0.25, -0.2) is 0 Å². The van der Waals surface area contributed by atoms with Gasteiger partial charge in [0.1, 0.15) is 36.6 Å². The molecule has 0 amide bonds. The molecule has 2 aliphatic heterocycles. The molecule has 1 unspecified atom stereocenters. The van der Waals surface area contributed by atoms with Crippen LogP contribution in [0.25, 0.3) is 0 Å². The highest BCUT2D eigenvalue weighted by molar-refractivity contribution is 5.45. The molecule has 0 radical (unpaired) electrons. The molecular formula is C16H21NO13. The summed E-state index contributed by atoms with van der Waals surface area (Å²) in [6.45, 7) is 0. The minimum Gasteiger partial charge on any atom is -0.455 e. The van der Waals surface area contributed by atoms with Gasteiger partial charge < -0.3 is 54.7 Å². The minimum absolute atomic E-state index is 0.295. The van der Waals surface area contributed by atoms with Crippen LogP contribution in [0, 0.1) is 10.1 Å². The highest BCUT2D eigenvalue weighted by Crippen LogP contribution is 2.32. The van der Waals surface area contributed by atoms with E-state index in [1.165, 1.54) is 18.2 Å². The normalized spacial score (nSPS) is 42.0. The summed E-state index contributed by atoms with van der Waals surface area (Å²) in [5.41, 5.74) is -0.448. The van der Waals surface area contributed by atoms with Crippen LogP contribution in [0.2, 0.25) is 0 Å². The van der Waals surface area contributed by atoms with E-state index in [9.17, 15) is 45.9 Å². The van der Waals surface area contributed by atoms with Gasteiger partial charge in [0.25, 0.3) is 0 Å². The number of rotatable bonds is 5. The van der Waals surface area contributed by atoms with E-state index < -0.39 is 72.4 Å². The van der Waals surface area contributed by atoms with Gasteiger partial charge in [0, 0.05) is 6.07 Å². The Kier molecular flexibility index (Phi) is 6.83. The summed E-state index contributed by atoms with van der Waals surface area (Å²) in [4.78, 5) is 10.3. The maximum atomic E-state index is 11.1. The van der Waals surface area contributed by atoms with Crippen molar-refractivity contribution in [3.8, 4) is 5.75 Å². The fourth-order valence-corrected chi connectivity index (χ4v) is 2.99. The van der Waals surface area contributed by atoms with E-state index in [0.717, 1.165) is 6.07 Å². The SMILES string of the molecule is O=[N+]([O-])c1ccccc1O[C@@H]1O[C@H](O)C(O[C@@H]2O[C@H](O)[C@@H](O)[C@H](O)[C@H]2O)[C@H](O)[C@H]1O. The van der Waals surface area contributed by atoms with Gasteiger partial charge in [-0.1, -0.05) is 12.1 Å². The second kappa shape index (κ2) is 9.03. The molecule has 1 aromatic carbocycles. The number of hydrogen-bond acceptors (Lipinski definition) is 13. The third kappa shape index (κ3) is 4.37. The third-order valence-corrected chi connectivity index (χ3v) is 4.66. The Balaban J connectivity index is 1.70. The summed E-state index contributed by atoms with van der Waals surface area (Å²) >= 11 is 0. The van der Waals surface area contributed by atoms with Crippen LogP contribution in [-0.2, 0) is 14.2 Å². The van der Waals surface area contributed by atoms with Crippen molar-refractivity contribution in [2.45, 2.75) is 61.8 Å². The zero-order valence-corrected chi connectivity index (χ0v) is 15.1. The molecule has 0 bridgehead atoms. The topological polar surface area (TPSA) is 222 Å². The number of para-hydroxylation sites is 2. The van der Waals surface area contributed by atoms with E-state index in [4.69, 9.17) is 18.9 Å². The average molecular weight is 435 g/mol. The molecule has 0 spiro atoms. The lowest BCUT2D eigenvalue weighted by atomic mass is 10.0. The van der Waals surface area contributed by atoms with E-state index in [1.54, 1.807) is 0 Å². The molecule has 2 fully saturated rings. The van der Waals surface area contributed by atoms with Crippen LogP contribution >= 0.6 is 0 Å². The molecule has 2 aliphatic rings. The molecule has 10 atom stereocenters. The molecule has 7 N–H and O–H groups in total. The molecule has 168 valence electrons. The first-order valence-corrected chi connectivity index (χ1v) is 8.74. The zero-order chi connectivity index (χ0) is 22.2. The van der Waals surface area contributed by atoms with Crippen LogP contribution in [0.4, 0.5) is 5.69 Å². The maximum absolute atomic E-state index is 11.1. The van der Waals surface area contributed by atoms with Gasteiger partial charge in [-0.2, -0.15) is 0 Å². The van der Waals surface area contributed by atoms with Gasteiger partial charge in [0.05, 0.1) is 4.92 Å². The van der Waals surface area contributed by atoms with Crippen LogP contribution in [0.3, 0.4) is 0 Å². The molecule has 2 heterocycles. The first-order valence-electron chi connectivity index (χ1n) is 8.74. The molecule has 3 rings (SSSR count). The fraction of sp³-hybridized carbons (Fsp3) is 0.625. The van der Waals surface area contributed by atoms with Crippen LogP contribution in [0.15, 0.2) is 24.3 Å². The third-order valence-electron chi connectivity index (χ3n) is 4.66. The summed E-state index contributed by atoms with van der Waals surface area (Å²) in [5, 5.41) is 80.3. The van der Waals surface area contributed by atoms with Gasteiger partial charge in [0.2, 0.25) is 6.29 Å². The molecule has 30 heavy (non-hydrogen) atoms. The van der Waals surface area contributed by atoms with Gasteiger partial charge in [-0.05, 0) is 6.07 Å². The van der Waals surface area contributed by atoms with Gasteiger partial charge in [-0.3, -0.25) is 10.1 Å². The zero-order valence-electron chi connectivity index (χ0n) is 15.1. The van der Waals surface area contributed by atoms with Crippen molar-refractivity contribution in [2.24, 2.45) is 0 Å². The van der Waals surface area contributed by atoms with E-state index in [1.807, 2.05) is 0 Å². The van der Waals surface area contributed by atoms with E-state index in [0.29, 0.717) is 0 Å². The standard InChI is InChI=1S/C16H21NO13/c18-7-9(20)13(23)29-16(10(7)21)28-12-8(19)11(22)15(30-14(12)24)27-6-4-2-1-3-5(6)17(25)26/h1-4,7-16,18-24H/t7-,8+,9-,10+,11+,12?,13-,14-,15+,16+/m0/s1. The van der Waals surface area contributed by atoms with E-state index in [2.05, 4.69) is 0 Å². The molecular weight excluding hydrogens is 414 g/mol. The predicted octanol–water partition coefficient (Wildman–Crippen LogP) is -3.49. The first-order chi connectivity index (χ1) is 14.1. The number of aliphatic hydroxyl groups excluding tert-OH is 7. The van der Waals surface area contributed by atoms with E-state index in [-0.39, 0.29) is 5.75 Å². The molecule has 0 saturated carbocycles. The van der Waals surface area contributed by atoms with Crippen LogP contribution in [0.5, 0.6) is 5.75 Å². The number of nitro groups is 1. The Morgan fingerprint density at radius 2 is 1.40 bits per heavy atom. The number of aliphatic hydroxyl groups is 7. The number of nitro benzene ring substituents is 1. The summed E-state index contributed by atoms with van der Waals surface area (Å²) < 4.78 is 20.2. The number of benzene rings is 1. The summed E-state index contributed by atoms with van der Waals surface area (Å²) in [7, 11) is 0. The van der Waals surface area contributed by atoms with Crippen molar-refractivity contribution < 1.29 is 59.6 Å². The minimum atomic E-state index is -1.98. The molecule has 14 nitrogen and oxygen atoms in total. The van der Waals surface area contributed by atoms with Gasteiger partial charge in [0.15, 0.2) is 24.6 Å². The lowest BCUT2D eigenvalue weighted by molar-refractivity contribution is -0.394. The quantitative estimate of drug-likeness (QED) is 0.176. The number of hydrogen-bond donors (Lipinski definition) is 7. The Morgan fingerprint density at radius 3 is 2.07 bits per heavy atom. The lowest BCUT2D eigenvalue weighted by Crippen LogP contribution is -2.64. The Bertz CT molecular complexity index is 750. The molecule has 2 saturated heterocycles. The Labute approximate surface area is 168 Å². The molecule has 0 aromatic heterocycles. The molecule has 0 aliphatic carbocycles. The summed E-state index contributed by atoms with van der Waals surface area (Å²) in [6, 6.07) is 5.15. The second-order valence-corrected chi connectivity index (χ2v) is 6.69. The summed E-state index contributed by atoms with van der Waals surface area (Å²) in [5.74, 6) is -0.295. The lowest BCUT2D eigenvalue weighted by Gasteiger charge is -2.44. The van der Waals surface area contributed by atoms with Crippen molar-refractivity contribution in [3.05, 3.63) is 34.4 Å². The highest BCUT2D eigenvalue weighted by Gasteiger charge is 2.51. The van der Waals surface area contributed by atoms with E-state index >= 15 is 0 Å². The van der Waals surface area contributed by atoms with Crippen molar-refractivity contribution in [1.29, 1.82) is 0 Å². The first kappa shape index (κ1) is 22.7. The number of nitrogens with zero attached hydrogens (tertiary/aromatic N) is 1. The second-order valence-electron chi connectivity index (χ2n) is 6.69. The van der Waals surface area contributed by atoms with Crippen LogP contribution in [-0.4, -0.2) is 102 Å². The monoisotopic (exact) mass is 435 g/mol. The van der Waals surface area contributed by atoms with Gasteiger partial charge in [-0.15, -0.1) is 0 Å². The van der Waals surface area contributed by atoms with Crippen LogP contribution < -0.4 is 4.74 Å².